The smallest absolute Gasteiger partial charge is 0.254 e. The fraction of sp³-hybridized carbons (Fsp3) is 0.462. The molecular formula is C52H59ClN6O7S. The van der Waals surface area contributed by atoms with Gasteiger partial charge in [0.25, 0.3) is 5.91 Å². The van der Waals surface area contributed by atoms with Crippen LogP contribution in [0.1, 0.15) is 113 Å². The fourth-order valence-electron chi connectivity index (χ4n) is 10.3. The molecule has 2 fully saturated rings. The second-order valence-electron chi connectivity index (χ2n) is 20.1. The molecule has 7 rings (SSSR count). The molecule has 0 unspecified atom stereocenters. The number of aliphatic hydroxyl groups excluding tert-OH is 1. The topological polar surface area (TPSA) is 174 Å². The molecule has 352 valence electrons. The highest BCUT2D eigenvalue weighted by molar-refractivity contribution is 7.13. The summed E-state index contributed by atoms with van der Waals surface area (Å²) in [7, 11) is 0. The zero-order valence-corrected chi connectivity index (χ0v) is 41.1. The van der Waals surface area contributed by atoms with E-state index in [1.54, 1.807) is 29.5 Å². The molecule has 1 saturated heterocycles. The summed E-state index contributed by atoms with van der Waals surface area (Å²) in [6, 6.07) is 18.3. The molecule has 1 saturated carbocycles. The van der Waals surface area contributed by atoms with Gasteiger partial charge in [-0.25, -0.2) is 4.98 Å². The minimum absolute atomic E-state index is 0.0307. The summed E-state index contributed by atoms with van der Waals surface area (Å²) in [5.74, 6) is 5.48. The highest BCUT2D eigenvalue weighted by Crippen LogP contribution is 2.59. The predicted octanol–water partition coefficient (Wildman–Crippen LogP) is 7.61. The quantitative estimate of drug-likeness (QED) is 0.0901. The van der Waals surface area contributed by atoms with Gasteiger partial charge in [-0.3, -0.25) is 19.2 Å². The number of carbonyl (C=O) groups is 4. The number of ether oxygens (including phenoxy) is 2. The van der Waals surface area contributed by atoms with E-state index in [9.17, 15) is 29.5 Å². The van der Waals surface area contributed by atoms with Gasteiger partial charge < -0.3 is 35.0 Å². The summed E-state index contributed by atoms with van der Waals surface area (Å²) in [6.45, 7) is 18.0. The van der Waals surface area contributed by atoms with Crippen LogP contribution in [0.5, 0.6) is 5.75 Å². The number of nitriles is 1. The zero-order valence-electron chi connectivity index (χ0n) is 39.5. The van der Waals surface area contributed by atoms with Crippen LogP contribution in [-0.2, 0) is 25.7 Å². The Labute approximate surface area is 402 Å². The highest BCUT2D eigenvalue weighted by atomic mass is 35.5. The Morgan fingerprint density at radius 1 is 1.04 bits per heavy atom. The number of thiazole rings is 1. The molecule has 3 heterocycles. The van der Waals surface area contributed by atoms with Crippen LogP contribution >= 0.6 is 22.9 Å². The van der Waals surface area contributed by atoms with Crippen LogP contribution in [0.25, 0.3) is 10.4 Å². The van der Waals surface area contributed by atoms with Crippen LogP contribution < -0.4 is 15.4 Å². The van der Waals surface area contributed by atoms with E-state index < -0.39 is 35.4 Å². The van der Waals surface area contributed by atoms with Crippen LogP contribution in [0.2, 0.25) is 5.02 Å². The Kier molecular flexibility index (Phi) is 14.3. The zero-order chi connectivity index (χ0) is 48.6. The van der Waals surface area contributed by atoms with Crippen molar-refractivity contribution in [1.29, 1.82) is 5.26 Å². The molecule has 0 bridgehead atoms. The Hall–Kier alpha value is -5.77. The van der Waals surface area contributed by atoms with E-state index in [0.29, 0.717) is 34.9 Å². The number of nitrogens with one attached hydrogen (secondary N) is 2. The number of halogens is 1. The van der Waals surface area contributed by atoms with E-state index in [4.69, 9.17) is 21.1 Å². The number of carbonyl (C=O) groups excluding carboxylic acids is 4. The van der Waals surface area contributed by atoms with Gasteiger partial charge >= 0.3 is 0 Å². The number of β-amino-alcohol motifs (C(OH)–C–C–N with tert-alkyl or cyclic N) is 1. The van der Waals surface area contributed by atoms with Gasteiger partial charge in [0.2, 0.25) is 17.7 Å². The van der Waals surface area contributed by atoms with Crippen molar-refractivity contribution in [2.75, 3.05) is 19.8 Å². The summed E-state index contributed by atoms with van der Waals surface area (Å²) >= 11 is 7.85. The molecule has 1 aromatic heterocycles. The lowest BCUT2D eigenvalue weighted by atomic mass is 9.49. The minimum Gasteiger partial charge on any atom is -0.489 e. The van der Waals surface area contributed by atoms with E-state index in [0.717, 1.165) is 32.8 Å². The lowest BCUT2D eigenvalue weighted by Gasteiger charge is -2.65. The number of rotatable bonds is 13. The summed E-state index contributed by atoms with van der Waals surface area (Å²) in [4.78, 5) is 63.5. The monoisotopic (exact) mass is 946 g/mol. The number of amides is 4. The van der Waals surface area contributed by atoms with Crippen molar-refractivity contribution >= 4 is 46.6 Å². The fourth-order valence-corrected chi connectivity index (χ4v) is 11.3. The van der Waals surface area contributed by atoms with Crippen molar-refractivity contribution in [3.05, 3.63) is 105 Å². The first kappa shape index (κ1) is 49.1. The molecule has 13 nitrogen and oxygen atoms in total. The number of aliphatic hydroxyl groups is 1. The van der Waals surface area contributed by atoms with Crippen LogP contribution in [0.3, 0.4) is 0 Å². The lowest BCUT2D eigenvalue weighted by Crippen LogP contribution is -2.74. The normalized spacial score (nSPS) is 21.3. The second-order valence-corrected chi connectivity index (χ2v) is 21.3. The Morgan fingerprint density at radius 2 is 1.76 bits per heavy atom. The standard InChI is InChI=1S/C52H59ClN6O7S/c1-30(33-14-16-34(17-15-33)43-31(2)55-29-67-43)56-45(62)41-23-37(60)27-58(41)47(64)44(50(3,4)5)57-42(61)28-65-21-11-10-12-32-13-20-39-36(22-32)26-59(46(39)63)48-51(6,7)49(52(48,8)9)66-38-19-18-35(25-54)40(53)24-38/h13-20,22,24,29-30,37,41,44,48-49,60H,11,21,23,26-28H2,1-9H3,(H,56,62)(H,57,61)/t30-,37+,41-,44+,48?,49?/m0/s1. The van der Waals surface area contributed by atoms with Crippen molar-refractivity contribution in [2.24, 2.45) is 16.2 Å². The molecule has 0 spiro atoms. The molecule has 3 aromatic carbocycles. The number of hydrogen-bond donors (Lipinski definition) is 3. The minimum atomic E-state index is -0.989. The molecule has 67 heavy (non-hydrogen) atoms. The van der Waals surface area contributed by atoms with Gasteiger partial charge in [-0.1, -0.05) is 96.2 Å². The number of hydrogen-bond acceptors (Lipinski definition) is 10. The number of fused-ring (bicyclic) bond motifs is 1. The van der Waals surface area contributed by atoms with Gasteiger partial charge in [0.15, 0.2) is 0 Å². The third-order valence-electron chi connectivity index (χ3n) is 13.2. The first-order chi connectivity index (χ1) is 31.6. The average molecular weight is 948 g/mol. The van der Waals surface area contributed by atoms with Crippen molar-refractivity contribution in [3.63, 3.8) is 0 Å². The first-order valence-corrected chi connectivity index (χ1v) is 23.8. The largest absolute Gasteiger partial charge is 0.489 e. The number of aryl methyl sites for hydroxylation is 1. The van der Waals surface area contributed by atoms with Crippen LogP contribution in [0, 0.1) is 46.3 Å². The molecule has 4 amide bonds. The van der Waals surface area contributed by atoms with E-state index >= 15 is 0 Å². The molecule has 3 N–H and O–H groups in total. The first-order valence-electron chi connectivity index (χ1n) is 22.6. The van der Waals surface area contributed by atoms with E-state index in [2.05, 4.69) is 61.2 Å². The van der Waals surface area contributed by atoms with Crippen LogP contribution in [0.15, 0.2) is 66.2 Å². The van der Waals surface area contributed by atoms with Gasteiger partial charge in [0.1, 0.15) is 36.6 Å². The Balaban J connectivity index is 0.890. The van der Waals surface area contributed by atoms with Crippen molar-refractivity contribution in [1.82, 2.24) is 25.4 Å². The van der Waals surface area contributed by atoms with Gasteiger partial charge in [0.05, 0.1) is 45.4 Å². The molecule has 0 radical (unpaired) electrons. The number of likely N-dealkylation sites (tertiary alicyclic amines) is 1. The number of nitrogens with zero attached hydrogens (tertiary/aromatic N) is 4. The maximum atomic E-state index is 14.1. The third kappa shape index (κ3) is 10.2. The second kappa shape index (κ2) is 19.4. The van der Waals surface area contributed by atoms with Crippen molar-refractivity contribution < 1.29 is 33.8 Å². The summed E-state index contributed by atoms with van der Waals surface area (Å²) in [5.41, 5.74) is 5.89. The van der Waals surface area contributed by atoms with Crippen molar-refractivity contribution in [2.45, 2.75) is 118 Å². The average Bonchev–Trinajstić information content (AvgIpc) is 3.98. The lowest BCUT2D eigenvalue weighted by molar-refractivity contribution is -0.199. The highest BCUT2D eigenvalue weighted by Gasteiger charge is 2.67. The maximum absolute atomic E-state index is 14.1. The molecule has 4 atom stereocenters. The molecular weight excluding hydrogens is 888 g/mol. The number of benzene rings is 3. The van der Waals surface area contributed by atoms with E-state index in [-0.39, 0.29) is 67.0 Å². The van der Waals surface area contributed by atoms with Crippen LogP contribution in [0.4, 0.5) is 0 Å². The summed E-state index contributed by atoms with van der Waals surface area (Å²) in [6.07, 6.45) is -0.691. The number of aromatic nitrogens is 1. The van der Waals surface area contributed by atoms with Gasteiger partial charge in [-0.05, 0) is 66.3 Å². The summed E-state index contributed by atoms with van der Waals surface area (Å²) in [5, 5.41) is 26.1. The molecule has 1 aliphatic carbocycles. The van der Waals surface area contributed by atoms with E-state index in [1.165, 1.54) is 4.90 Å². The predicted molar refractivity (Wildman–Crippen MR) is 257 cm³/mol. The van der Waals surface area contributed by atoms with Gasteiger partial charge in [-0.2, -0.15) is 5.26 Å². The maximum Gasteiger partial charge on any atom is 0.254 e. The Bertz CT molecular complexity index is 2640. The van der Waals surface area contributed by atoms with Gasteiger partial charge in [-0.15, -0.1) is 11.3 Å². The van der Waals surface area contributed by atoms with E-state index in [1.807, 2.05) is 87.5 Å². The molecule has 15 heteroatoms. The summed E-state index contributed by atoms with van der Waals surface area (Å²) < 4.78 is 12.1. The SMILES string of the molecule is Cc1ncsc1-c1ccc([C@H](C)NC(=O)[C@@H]2C[C@@H](O)CN2C(=O)[C@@H](NC(=O)COCCC#Cc2ccc3c(c2)CN(C2C(C)(C)C(Oc4ccc(C#N)c(Cl)c4)C2(C)C)C3=O)C(C)(C)C)cc1. The third-order valence-corrected chi connectivity index (χ3v) is 14.5. The van der Waals surface area contributed by atoms with Gasteiger partial charge in [0, 0.05) is 60.0 Å². The van der Waals surface area contributed by atoms with Crippen molar-refractivity contribution in [3.8, 4) is 34.1 Å². The molecule has 4 aromatic rings. The molecule has 3 aliphatic rings. The Morgan fingerprint density at radius 3 is 2.40 bits per heavy atom. The van der Waals surface area contributed by atoms with Crippen LogP contribution in [-0.4, -0.2) is 93.6 Å². The molecule has 2 aliphatic heterocycles.